The first-order valence-corrected chi connectivity index (χ1v) is 10.7. The minimum absolute atomic E-state index is 0.0462. The molecule has 3 aromatic rings. The van der Waals surface area contributed by atoms with Crippen molar-refractivity contribution in [2.75, 3.05) is 20.0 Å². The molecular weight excluding hydrogens is 414 g/mol. The van der Waals surface area contributed by atoms with Gasteiger partial charge in [0, 0.05) is 17.7 Å². The molecule has 31 heavy (non-hydrogen) atoms. The van der Waals surface area contributed by atoms with E-state index in [0.29, 0.717) is 34.8 Å². The Balaban J connectivity index is 2.03. The van der Waals surface area contributed by atoms with Crippen LogP contribution in [0.25, 0.3) is 11.1 Å². The molecule has 0 saturated carbocycles. The maximum Gasteiger partial charge on any atom is 0.329 e. The molecule has 1 atom stereocenters. The number of fused-ring (bicyclic) bond motifs is 1. The molecule has 2 heterocycles. The van der Waals surface area contributed by atoms with Crippen molar-refractivity contribution in [1.29, 1.82) is 0 Å². The van der Waals surface area contributed by atoms with Crippen molar-refractivity contribution in [3.8, 4) is 16.9 Å². The molecule has 2 aromatic carbocycles. The molecular formula is C24H21NO5S. The van der Waals surface area contributed by atoms with Crippen LogP contribution in [0.15, 0.2) is 64.4 Å². The van der Waals surface area contributed by atoms with Crippen molar-refractivity contribution >= 4 is 24.0 Å². The number of pyridine rings is 1. The Labute approximate surface area is 183 Å². The summed E-state index contributed by atoms with van der Waals surface area (Å²) in [5, 5.41) is 0.669. The maximum atomic E-state index is 13.4. The highest BCUT2D eigenvalue weighted by Crippen LogP contribution is 2.42. The van der Waals surface area contributed by atoms with Crippen molar-refractivity contribution < 1.29 is 19.1 Å². The van der Waals surface area contributed by atoms with E-state index in [4.69, 9.17) is 9.47 Å². The van der Waals surface area contributed by atoms with Gasteiger partial charge in [0.15, 0.2) is 6.29 Å². The fourth-order valence-corrected chi connectivity index (χ4v) is 5.28. The lowest BCUT2D eigenvalue weighted by Gasteiger charge is -2.20. The Kier molecular flexibility index (Phi) is 5.95. The van der Waals surface area contributed by atoms with Gasteiger partial charge in [0.1, 0.15) is 11.8 Å². The maximum absolute atomic E-state index is 13.4. The zero-order chi connectivity index (χ0) is 22.0. The Morgan fingerprint density at radius 2 is 1.84 bits per heavy atom. The molecule has 7 heteroatoms. The Bertz CT molecular complexity index is 1200. The lowest BCUT2D eigenvalue weighted by Crippen LogP contribution is -2.33. The average Bonchev–Trinajstić information content (AvgIpc) is 3.25. The molecule has 158 valence electrons. The van der Waals surface area contributed by atoms with E-state index in [9.17, 15) is 14.4 Å². The van der Waals surface area contributed by atoms with Crippen molar-refractivity contribution in [2.24, 2.45) is 0 Å². The SMILES string of the molecule is COC(=O)[C@@H]1CSc2c(-c3ccccc3)c(Cc3ccccc3OC)c(C=O)c(=O)n21. The van der Waals surface area contributed by atoms with Crippen LogP contribution in [-0.4, -0.2) is 36.8 Å². The van der Waals surface area contributed by atoms with Crippen LogP contribution in [0.3, 0.4) is 0 Å². The van der Waals surface area contributed by atoms with Crippen LogP contribution in [0.5, 0.6) is 5.75 Å². The van der Waals surface area contributed by atoms with Gasteiger partial charge in [-0.25, -0.2) is 4.79 Å². The minimum Gasteiger partial charge on any atom is -0.496 e. The van der Waals surface area contributed by atoms with Gasteiger partial charge in [-0.2, -0.15) is 0 Å². The summed E-state index contributed by atoms with van der Waals surface area (Å²) < 4.78 is 11.8. The van der Waals surface area contributed by atoms with Crippen molar-refractivity contribution in [1.82, 2.24) is 4.57 Å². The zero-order valence-corrected chi connectivity index (χ0v) is 18.0. The number of hydrogen-bond donors (Lipinski definition) is 0. The summed E-state index contributed by atoms with van der Waals surface area (Å²) in [4.78, 5) is 37.8. The molecule has 1 aliphatic heterocycles. The standard InChI is InChI=1S/C24H21NO5S/c1-29-20-11-7-6-10-16(20)12-17-18(13-26)22(27)25-19(24(28)30-2)14-31-23(25)21(17)15-8-4-3-5-9-15/h3-11,13,19H,12,14H2,1-2H3/t19-/m0/s1. The number of aldehydes is 1. The molecule has 0 radical (unpaired) electrons. The van der Waals surface area contributed by atoms with Crippen molar-refractivity contribution in [3.05, 3.63) is 81.6 Å². The van der Waals surface area contributed by atoms with Gasteiger partial charge < -0.3 is 9.47 Å². The second-order valence-electron chi connectivity index (χ2n) is 7.07. The molecule has 0 unspecified atom stereocenters. The third-order valence-corrected chi connectivity index (χ3v) is 6.57. The number of methoxy groups -OCH3 is 2. The summed E-state index contributed by atoms with van der Waals surface area (Å²) in [6, 6.07) is 16.4. The summed E-state index contributed by atoms with van der Waals surface area (Å²) >= 11 is 1.42. The summed E-state index contributed by atoms with van der Waals surface area (Å²) in [5.41, 5.74) is 2.71. The van der Waals surface area contributed by atoms with E-state index in [-0.39, 0.29) is 5.56 Å². The molecule has 0 amide bonds. The van der Waals surface area contributed by atoms with Gasteiger partial charge in [0.2, 0.25) is 0 Å². The minimum atomic E-state index is -0.765. The predicted molar refractivity (Wildman–Crippen MR) is 119 cm³/mol. The van der Waals surface area contributed by atoms with E-state index in [2.05, 4.69) is 0 Å². The molecule has 1 aliphatic rings. The molecule has 0 bridgehead atoms. The lowest BCUT2D eigenvalue weighted by molar-refractivity contribution is -0.143. The number of carbonyl (C=O) groups excluding carboxylic acids is 2. The molecule has 0 saturated heterocycles. The average molecular weight is 436 g/mol. The van der Waals surface area contributed by atoms with Gasteiger partial charge >= 0.3 is 5.97 Å². The number of para-hydroxylation sites is 1. The number of nitrogens with zero attached hydrogens (tertiary/aromatic N) is 1. The van der Waals surface area contributed by atoms with E-state index < -0.39 is 17.6 Å². The van der Waals surface area contributed by atoms with Crippen LogP contribution in [0.1, 0.15) is 27.5 Å². The summed E-state index contributed by atoms with van der Waals surface area (Å²) in [5.74, 6) is 0.554. The van der Waals surface area contributed by atoms with Crippen molar-refractivity contribution in [2.45, 2.75) is 17.5 Å². The second kappa shape index (κ2) is 8.81. The van der Waals surface area contributed by atoms with Gasteiger partial charge in [-0.05, 0) is 22.8 Å². The number of rotatable bonds is 6. The molecule has 0 aliphatic carbocycles. The first-order chi connectivity index (χ1) is 15.1. The summed E-state index contributed by atoms with van der Waals surface area (Å²) in [6.07, 6.45) is 0.930. The topological polar surface area (TPSA) is 74.6 Å². The number of benzene rings is 2. The highest BCUT2D eigenvalue weighted by molar-refractivity contribution is 7.99. The quantitative estimate of drug-likeness (QED) is 0.434. The van der Waals surface area contributed by atoms with Crippen LogP contribution in [0.2, 0.25) is 0 Å². The number of ether oxygens (including phenoxy) is 2. The van der Waals surface area contributed by atoms with Crippen LogP contribution in [0.4, 0.5) is 0 Å². The predicted octanol–water partition coefficient (Wildman–Crippen LogP) is 3.75. The van der Waals surface area contributed by atoms with E-state index in [0.717, 1.165) is 16.7 Å². The van der Waals surface area contributed by atoms with Crippen LogP contribution >= 0.6 is 11.8 Å². The van der Waals surface area contributed by atoms with Crippen LogP contribution < -0.4 is 10.3 Å². The molecule has 0 spiro atoms. The molecule has 0 N–H and O–H groups in total. The molecule has 6 nitrogen and oxygen atoms in total. The van der Waals surface area contributed by atoms with E-state index in [1.54, 1.807) is 7.11 Å². The summed E-state index contributed by atoms with van der Waals surface area (Å²) in [7, 11) is 2.89. The smallest absolute Gasteiger partial charge is 0.329 e. The van der Waals surface area contributed by atoms with E-state index >= 15 is 0 Å². The Morgan fingerprint density at radius 3 is 2.52 bits per heavy atom. The van der Waals surface area contributed by atoms with Crippen LogP contribution in [-0.2, 0) is 16.0 Å². The Hall–Kier alpha value is -3.32. The third kappa shape index (κ3) is 3.65. The number of aromatic nitrogens is 1. The Morgan fingerprint density at radius 1 is 1.13 bits per heavy atom. The van der Waals surface area contributed by atoms with Gasteiger partial charge in [0.25, 0.3) is 5.56 Å². The highest BCUT2D eigenvalue weighted by atomic mass is 32.2. The normalized spacial score (nSPS) is 14.7. The largest absolute Gasteiger partial charge is 0.496 e. The second-order valence-corrected chi connectivity index (χ2v) is 8.08. The monoisotopic (exact) mass is 435 g/mol. The first kappa shape index (κ1) is 20.9. The van der Waals surface area contributed by atoms with Gasteiger partial charge in [-0.15, -0.1) is 11.8 Å². The number of hydrogen-bond acceptors (Lipinski definition) is 6. The zero-order valence-electron chi connectivity index (χ0n) is 17.2. The fraction of sp³-hybridized carbons (Fsp3) is 0.208. The lowest BCUT2D eigenvalue weighted by atomic mass is 9.92. The van der Waals surface area contributed by atoms with Gasteiger partial charge in [-0.3, -0.25) is 14.2 Å². The number of carbonyl (C=O) groups is 2. The molecule has 1 aromatic heterocycles. The van der Waals surface area contributed by atoms with E-state index in [1.165, 1.54) is 23.4 Å². The highest BCUT2D eigenvalue weighted by Gasteiger charge is 2.36. The van der Waals surface area contributed by atoms with Crippen molar-refractivity contribution in [3.63, 3.8) is 0 Å². The summed E-state index contributed by atoms with van der Waals surface area (Å²) in [6.45, 7) is 0. The first-order valence-electron chi connectivity index (χ1n) is 9.75. The molecule has 0 fully saturated rings. The van der Waals surface area contributed by atoms with E-state index in [1.807, 2.05) is 54.6 Å². The molecule has 4 rings (SSSR count). The third-order valence-electron chi connectivity index (χ3n) is 5.41. The van der Waals surface area contributed by atoms with Crippen LogP contribution in [0, 0.1) is 0 Å². The fourth-order valence-electron chi connectivity index (χ4n) is 3.95. The van der Waals surface area contributed by atoms with Gasteiger partial charge in [-0.1, -0.05) is 48.5 Å². The number of thioether (sulfide) groups is 1. The van der Waals surface area contributed by atoms with Gasteiger partial charge in [0.05, 0.1) is 24.8 Å². The number of esters is 1.